The molecule has 0 radical (unpaired) electrons. The Balaban J connectivity index is 2.08. The molecule has 1 aromatic rings. The number of aliphatic imine (C=N–C) groups is 1. The van der Waals surface area contributed by atoms with Crippen molar-refractivity contribution in [3.8, 4) is 0 Å². The van der Waals surface area contributed by atoms with E-state index in [1.54, 1.807) is 7.05 Å². The SMILES string of the molecule is CN=C(NCCCCCCC(C)C)NCc1ccnn1C. The van der Waals surface area contributed by atoms with Crippen LogP contribution in [0.3, 0.4) is 0 Å². The molecular formula is C16H31N5. The molecule has 0 unspecified atom stereocenters. The number of hydrogen-bond donors (Lipinski definition) is 2. The van der Waals surface area contributed by atoms with E-state index in [1.807, 2.05) is 24.0 Å². The third-order valence-electron chi connectivity index (χ3n) is 3.58. The van der Waals surface area contributed by atoms with Crippen LogP contribution >= 0.6 is 0 Å². The molecule has 0 bridgehead atoms. The molecule has 0 saturated carbocycles. The zero-order valence-corrected chi connectivity index (χ0v) is 14.0. The van der Waals surface area contributed by atoms with Crippen LogP contribution < -0.4 is 10.6 Å². The predicted octanol–water partition coefficient (Wildman–Crippen LogP) is 2.69. The topological polar surface area (TPSA) is 54.2 Å². The first-order valence-corrected chi connectivity index (χ1v) is 8.05. The molecular weight excluding hydrogens is 262 g/mol. The average Bonchev–Trinajstić information content (AvgIpc) is 2.86. The smallest absolute Gasteiger partial charge is 0.191 e. The number of aryl methyl sites for hydroxylation is 1. The largest absolute Gasteiger partial charge is 0.356 e. The first-order valence-electron chi connectivity index (χ1n) is 8.05. The van der Waals surface area contributed by atoms with Gasteiger partial charge in [-0.2, -0.15) is 5.10 Å². The Morgan fingerprint density at radius 3 is 2.62 bits per heavy atom. The van der Waals surface area contributed by atoms with Crippen LogP contribution in [0.4, 0.5) is 0 Å². The van der Waals surface area contributed by atoms with Gasteiger partial charge in [0.25, 0.3) is 0 Å². The van der Waals surface area contributed by atoms with Crippen LogP contribution in [0.25, 0.3) is 0 Å². The molecule has 5 nitrogen and oxygen atoms in total. The highest BCUT2D eigenvalue weighted by Gasteiger charge is 2.01. The Bertz CT molecular complexity index is 409. The van der Waals surface area contributed by atoms with Gasteiger partial charge in [0.2, 0.25) is 0 Å². The number of aromatic nitrogens is 2. The molecule has 21 heavy (non-hydrogen) atoms. The van der Waals surface area contributed by atoms with Gasteiger partial charge >= 0.3 is 0 Å². The van der Waals surface area contributed by atoms with Gasteiger partial charge < -0.3 is 10.6 Å². The fraction of sp³-hybridized carbons (Fsp3) is 0.750. The van der Waals surface area contributed by atoms with Gasteiger partial charge in [0.1, 0.15) is 0 Å². The van der Waals surface area contributed by atoms with E-state index in [9.17, 15) is 0 Å². The molecule has 0 saturated heterocycles. The molecule has 0 atom stereocenters. The minimum atomic E-state index is 0.741. The van der Waals surface area contributed by atoms with Crippen molar-refractivity contribution in [2.45, 2.75) is 52.5 Å². The van der Waals surface area contributed by atoms with Gasteiger partial charge in [-0.1, -0.05) is 39.5 Å². The van der Waals surface area contributed by atoms with Crippen molar-refractivity contribution in [1.29, 1.82) is 0 Å². The van der Waals surface area contributed by atoms with Crippen molar-refractivity contribution in [1.82, 2.24) is 20.4 Å². The fourth-order valence-electron chi connectivity index (χ4n) is 2.21. The lowest BCUT2D eigenvalue weighted by atomic mass is 10.0. The van der Waals surface area contributed by atoms with E-state index in [-0.39, 0.29) is 0 Å². The summed E-state index contributed by atoms with van der Waals surface area (Å²) in [7, 11) is 3.76. The molecule has 0 aliphatic rings. The van der Waals surface area contributed by atoms with Gasteiger partial charge in [-0.15, -0.1) is 0 Å². The van der Waals surface area contributed by atoms with Gasteiger partial charge in [-0.05, 0) is 18.4 Å². The van der Waals surface area contributed by atoms with Crippen LogP contribution in [-0.4, -0.2) is 29.3 Å². The van der Waals surface area contributed by atoms with Crippen molar-refractivity contribution in [2.24, 2.45) is 18.0 Å². The van der Waals surface area contributed by atoms with Crippen molar-refractivity contribution in [3.63, 3.8) is 0 Å². The first kappa shape index (κ1) is 17.5. The molecule has 0 aliphatic carbocycles. The van der Waals surface area contributed by atoms with Crippen LogP contribution in [0.5, 0.6) is 0 Å². The third-order valence-corrected chi connectivity index (χ3v) is 3.58. The second-order valence-electron chi connectivity index (χ2n) is 5.90. The fourth-order valence-corrected chi connectivity index (χ4v) is 2.21. The first-order chi connectivity index (χ1) is 10.1. The lowest BCUT2D eigenvalue weighted by molar-refractivity contribution is 0.518. The number of nitrogens with zero attached hydrogens (tertiary/aromatic N) is 3. The molecule has 1 heterocycles. The molecule has 0 fully saturated rings. The van der Waals surface area contributed by atoms with Gasteiger partial charge in [0.15, 0.2) is 5.96 Å². The maximum Gasteiger partial charge on any atom is 0.191 e. The van der Waals surface area contributed by atoms with Gasteiger partial charge in [-0.25, -0.2) is 0 Å². The number of unbranched alkanes of at least 4 members (excludes halogenated alkanes) is 3. The van der Waals surface area contributed by atoms with Crippen LogP contribution in [0, 0.1) is 5.92 Å². The second kappa shape index (κ2) is 10.2. The van der Waals surface area contributed by atoms with E-state index in [4.69, 9.17) is 0 Å². The highest BCUT2D eigenvalue weighted by molar-refractivity contribution is 5.79. The summed E-state index contributed by atoms with van der Waals surface area (Å²) in [5.41, 5.74) is 1.15. The summed E-state index contributed by atoms with van der Waals surface area (Å²) in [6, 6.07) is 2.01. The van der Waals surface area contributed by atoms with Gasteiger partial charge in [0.05, 0.1) is 12.2 Å². The van der Waals surface area contributed by atoms with Crippen LogP contribution in [0.2, 0.25) is 0 Å². The average molecular weight is 293 g/mol. The second-order valence-corrected chi connectivity index (χ2v) is 5.90. The number of nitrogens with one attached hydrogen (secondary N) is 2. The zero-order chi connectivity index (χ0) is 15.5. The molecule has 1 rings (SSSR count). The molecule has 5 heteroatoms. The highest BCUT2D eigenvalue weighted by atomic mass is 15.3. The predicted molar refractivity (Wildman–Crippen MR) is 89.3 cm³/mol. The van der Waals surface area contributed by atoms with E-state index >= 15 is 0 Å². The number of rotatable bonds is 9. The van der Waals surface area contributed by atoms with E-state index < -0.39 is 0 Å². The van der Waals surface area contributed by atoms with Gasteiger partial charge in [0, 0.05) is 26.8 Å². The minimum Gasteiger partial charge on any atom is -0.356 e. The molecule has 0 amide bonds. The molecule has 0 aromatic carbocycles. The molecule has 0 spiro atoms. The Morgan fingerprint density at radius 1 is 1.24 bits per heavy atom. The molecule has 2 N–H and O–H groups in total. The van der Waals surface area contributed by atoms with E-state index in [2.05, 4.69) is 34.6 Å². The lowest BCUT2D eigenvalue weighted by Gasteiger charge is -2.12. The summed E-state index contributed by atoms with van der Waals surface area (Å²) in [6.07, 6.45) is 8.33. The molecule has 120 valence electrons. The van der Waals surface area contributed by atoms with Crippen molar-refractivity contribution < 1.29 is 0 Å². The minimum absolute atomic E-state index is 0.741. The summed E-state index contributed by atoms with van der Waals surface area (Å²) in [5, 5.41) is 10.8. The normalized spacial score (nSPS) is 12.0. The standard InChI is InChI=1S/C16H31N5/c1-14(2)9-7-5-6-8-11-18-16(17-3)19-13-15-10-12-20-21(15)4/h10,12,14H,5-9,11,13H2,1-4H3,(H2,17,18,19). The number of hydrogen-bond acceptors (Lipinski definition) is 2. The summed E-state index contributed by atoms with van der Waals surface area (Å²) in [6.45, 7) is 6.30. The Labute approximate surface area is 129 Å². The Hall–Kier alpha value is -1.52. The summed E-state index contributed by atoms with van der Waals surface area (Å²) in [5.74, 6) is 1.69. The number of guanidine groups is 1. The summed E-state index contributed by atoms with van der Waals surface area (Å²) in [4.78, 5) is 4.24. The van der Waals surface area contributed by atoms with Crippen molar-refractivity contribution >= 4 is 5.96 Å². The van der Waals surface area contributed by atoms with Crippen LogP contribution in [0.15, 0.2) is 17.3 Å². The highest BCUT2D eigenvalue weighted by Crippen LogP contribution is 2.08. The van der Waals surface area contributed by atoms with Crippen molar-refractivity contribution in [3.05, 3.63) is 18.0 Å². The Kier molecular flexibility index (Phi) is 8.55. The van der Waals surface area contributed by atoms with Crippen molar-refractivity contribution in [2.75, 3.05) is 13.6 Å². The monoisotopic (exact) mass is 293 g/mol. The molecule has 1 aromatic heterocycles. The van der Waals surface area contributed by atoms with Crippen LogP contribution in [-0.2, 0) is 13.6 Å². The van der Waals surface area contributed by atoms with E-state index in [1.165, 1.54) is 32.1 Å². The van der Waals surface area contributed by atoms with E-state index in [0.717, 1.165) is 30.7 Å². The van der Waals surface area contributed by atoms with E-state index in [0.29, 0.717) is 0 Å². The quantitative estimate of drug-likeness (QED) is 0.418. The zero-order valence-electron chi connectivity index (χ0n) is 14.0. The lowest BCUT2D eigenvalue weighted by Crippen LogP contribution is -2.37. The van der Waals surface area contributed by atoms with Gasteiger partial charge in [-0.3, -0.25) is 9.67 Å². The summed E-state index contributed by atoms with van der Waals surface area (Å²) >= 11 is 0. The Morgan fingerprint density at radius 2 is 2.00 bits per heavy atom. The third kappa shape index (κ3) is 7.73. The molecule has 0 aliphatic heterocycles. The maximum atomic E-state index is 4.24. The maximum absolute atomic E-state index is 4.24. The van der Waals surface area contributed by atoms with Crippen LogP contribution in [0.1, 0.15) is 51.6 Å². The summed E-state index contributed by atoms with van der Waals surface area (Å²) < 4.78 is 1.87.